The van der Waals surface area contributed by atoms with Crippen molar-refractivity contribution in [2.45, 2.75) is 31.2 Å². The number of hydrogen-bond donors (Lipinski definition) is 1. The number of rotatable bonds is 3. The molecule has 1 aliphatic carbocycles. The second-order valence-electron chi connectivity index (χ2n) is 8.31. The first-order chi connectivity index (χ1) is 14.0. The third kappa shape index (κ3) is 3.04. The molecule has 0 atom stereocenters. The van der Waals surface area contributed by atoms with Gasteiger partial charge in [-0.3, -0.25) is 9.78 Å². The summed E-state index contributed by atoms with van der Waals surface area (Å²) in [5.41, 5.74) is 13.2. The number of likely N-dealkylation sites (N-methyl/N-ethyl adjacent to an activating group) is 1. The van der Waals surface area contributed by atoms with E-state index in [1.165, 1.54) is 12.0 Å². The highest BCUT2D eigenvalue weighted by Gasteiger charge is 2.34. The average Bonchev–Trinajstić information content (AvgIpc) is 2.75. The van der Waals surface area contributed by atoms with Gasteiger partial charge in [-0.2, -0.15) is 0 Å². The maximum atomic E-state index is 12.7. The maximum absolute atomic E-state index is 12.7. The summed E-state index contributed by atoms with van der Waals surface area (Å²) in [6.07, 6.45) is 4.08. The lowest BCUT2D eigenvalue weighted by atomic mass is 9.72. The van der Waals surface area contributed by atoms with Crippen molar-refractivity contribution in [3.8, 4) is 22.4 Å². The van der Waals surface area contributed by atoms with Gasteiger partial charge < -0.3 is 10.6 Å². The topological polar surface area (TPSA) is 59.2 Å². The van der Waals surface area contributed by atoms with Gasteiger partial charge >= 0.3 is 0 Å². The van der Waals surface area contributed by atoms with Gasteiger partial charge in [0.2, 0.25) is 0 Å². The van der Waals surface area contributed by atoms with Crippen LogP contribution in [0.4, 0.5) is 0 Å². The Balaban J connectivity index is 1.64. The Hall–Kier alpha value is -2.98. The van der Waals surface area contributed by atoms with Crippen LogP contribution in [0.5, 0.6) is 0 Å². The number of aromatic nitrogens is 1. The molecule has 1 saturated carbocycles. The first-order valence-corrected chi connectivity index (χ1v) is 10.3. The number of carbonyl (C=O) groups is 1. The number of nitrogens with two attached hydrogens (primary N) is 1. The van der Waals surface area contributed by atoms with E-state index in [9.17, 15) is 4.79 Å². The number of carbonyl (C=O) groups excluding carboxylic acids is 1. The summed E-state index contributed by atoms with van der Waals surface area (Å²) in [5.74, 6) is 0.0490. The molecule has 0 spiro atoms. The summed E-state index contributed by atoms with van der Waals surface area (Å²) >= 11 is 0. The van der Waals surface area contributed by atoms with Gasteiger partial charge in [0.25, 0.3) is 5.91 Å². The predicted molar refractivity (Wildman–Crippen MR) is 115 cm³/mol. The van der Waals surface area contributed by atoms with Gasteiger partial charge in [-0.15, -0.1) is 0 Å². The molecule has 146 valence electrons. The van der Waals surface area contributed by atoms with Crippen molar-refractivity contribution in [2.75, 3.05) is 13.6 Å². The van der Waals surface area contributed by atoms with Gasteiger partial charge in [0.15, 0.2) is 0 Å². The van der Waals surface area contributed by atoms with E-state index >= 15 is 0 Å². The Morgan fingerprint density at radius 1 is 0.966 bits per heavy atom. The molecule has 3 aromatic rings. The quantitative estimate of drug-likeness (QED) is 0.730. The minimum atomic E-state index is -0.166. The van der Waals surface area contributed by atoms with Crippen molar-refractivity contribution >= 4 is 5.91 Å². The molecule has 0 bridgehead atoms. The zero-order chi connectivity index (χ0) is 20.0. The van der Waals surface area contributed by atoms with E-state index in [1.54, 1.807) is 4.90 Å². The Bertz CT molecular complexity index is 1070. The number of benzene rings is 2. The van der Waals surface area contributed by atoms with Crippen LogP contribution < -0.4 is 5.73 Å². The van der Waals surface area contributed by atoms with Crippen molar-refractivity contribution in [1.29, 1.82) is 0 Å². The van der Waals surface area contributed by atoms with E-state index in [0.29, 0.717) is 12.1 Å². The standard InChI is InChI=1S/C25H25N3O/c1-28-15-12-22-21(24(28)29)16-20(17-6-3-2-4-7-17)23(27-22)18-8-10-19(11-9-18)25(26)13-5-14-25/h2-4,6-11,16H,5,12-15,26H2,1H3. The Kier molecular flexibility index (Phi) is 4.25. The molecule has 2 N–H and O–H groups in total. The Labute approximate surface area is 171 Å². The first-order valence-electron chi connectivity index (χ1n) is 10.3. The highest BCUT2D eigenvalue weighted by molar-refractivity contribution is 5.98. The van der Waals surface area contributed by atoms with Gasteiger partial charge in [0, 0.05) is 36.7 Å². The third-order valence-electron chi connectivity index (χ3n) is 6.43. The van der Waals surface area contributed by atoms with E-state index in [-0.39, 0.29) is 11.4 Å². The number of nitrogens with zero attached hydrogens (tertiary/aromatic N) is 2. The van der Waals surface area contributed by atoms with Crippen LogP contribution in [0.2, 0.25) is 0 Å². The normalized spacial score (nSPS) is 17.6. The van der Waals surface area contributed by atoms with Crippen LogP contribution in [0, 0.1) is 0 Å². The summed E-state index contributed by atoms with van der Waals surface area (Å²) in [6, 6.07) is 20.7. The lowest BCUT2D eigenvalue weighted by molar-refractivity contribution is 0.0779. The summed E-state index contributed by atoms with van der Waals surface area (Å²) in [5, 5.41) is 0. The number of fused-ring (bicyclic) bond motifs is 1. The summed E-state index contributed by atoms with van der Waals surface area (Å²) in [4.78, 5) is 19.5. The molecule has 1 fully saturated rings. The van der Waals surface area contributed by atoms with Gasteiger partial charge in [0.05, 0.1) is 17.0 Å². The molecule has 29 heavy (non-hydrogen) atoms. The van der Waals surface area contributed by atoms with Crippen LogP contribution in [0.3, 0.4) is 0 Å². The van der Waals surface area contributed by atoms with Gasteiger partial charge in [0.1, 0.15) is 0 Å². The van der Waals surface area contributed by atoms with Gasteiger partial charge in [-0.05, 0) is 36.5 Å². The number of pyridine rings is 1. The number of hydrogen-bond acceptors (Lipinski definition) is 3. The third-order valence-corrected chi connectivity index (χ3v) is 6.43. The molecule has 2 heterocycles. The lowest BCUT2D eigenvalue weighted by Gasteiger charge is -2.38. The predicted octanol–water partition coefficient (Wildman–Crippen LogP) is 4.38. The zero-order valence-electron chi connectivity index (χ0n) is 16.7. The zero-order valence-corrected chi connectivity index (χ0v) is 16.7. The molecular weight excluding hydrogens is 358 g/mol. The molecule has 0 unspecified atom stereocenters. The second-order valence-corrected chi connectivity index (χ2v) is 8.31. The van der Waals surface area contributed by atoms with E-state index < -0.39 is 0 Å². The van der Waals surface area contributed by atoms with Crippen LogP contribution in [-0.4, -0.2) is 29.4 Å². The second kappa shape index (κ2) is 6.82. The van der Waals surface area contributed by atoms with Gasteiger partial charge in [-0.1, -0.05) is 54.6 Å². The van der Waals surface area contributed by atoms with Crippen LogP contribution >= 0.6 is 0 Å². The van der Waals surface area contributed by atoms with Crippen LogP contribution in [0.15, 0.2) is 60.7 Å². The molecule has 1 amide bonds. The highest BCUT2D eigenvalue weighted by Crippen LogP contribution is 2.40. The van der Waals surface area contributed by atoms with E-state index in [0.717, 1.165) is 47.3 Å². The fourth-order valence-electron chi connectivity index (χ4n) is 4.37. The molecule has 0 saturated heterocycles. The summed E-state index contributed by atoms with van der Waals surface area (Å²) < 4.78 is 0. The maximum Gasteiger partial charge on any atom is 0.255 e. The van der Waals surface area contributed by atoms with Crippen molar-refractivity contribution in [2.24, 2.45) is 5.73 Å². The van der Waals surface area contributed by atoms with Crippen molar-refractivity contribution in [1.82, 2.24) is 9.88 Å². The van der Waals surface area contributed by atoms with Crippen molar-refractivity contribution in [3.63, 3.8) is 0 Å². The molecule has 1 aliphatic heterocycles. The molecule has 0 radical (unpaired) electrons. The molecule has 2 aromatic carbocycles. The highest BCUT2D eigenvalue weighted by atomic mass is 16.2. The largest absolute Gasteiger partial charge is 0.341 e. The van der Waals surface area contributed by atoms with E-state index in [4.69, 9.17) is 10.7 Å². The minimum Gasteiger partial charge on any atom is -0.341 e. The Morgan fingerprint density at radius 3 is 2.34 bits per heavy atom. The van der Waals surface area contributed by atoms with E-state index in [1.807, 2.05) is 31.3 Å². The molecule has 1 aromatic heterocycles. The fourth-order valence-corrected chi connectivity index (χ4v) is 4.37. The smallest absolute Gasteiger partial charge is 0.255 e. The van der Waals surface area contributed by atoms with Crippen LogP contribution in [0.25, 0.3) is 22.4 Å². The minimum absolute atomic E-state index is 0.0490. The van der Waals surface area contributed by atoms with Gasteiger partial charge in [-0.25, -0.2) is 0 Å². The SMILES string of the molecule is CN1CCc2nc(-c3ccc(C4(N)CCC4)cc3)c(-c3ccccc3)cc2C1=O. The molecular formula is C25H25N3O. The first kappa shape index (κ1) is 18.1. The average molecular weight is 383 g/mol. The molecule has 4 heteroatoms. The fraction of sp³-hybridized carbons (Fsp3) is 0.280. The van der Waals surface area contributed by atoms with Crippen LogP contribution in [-0.2, 0) is 12.0 Å². The van der Waals surface area contributed by atoms with Crippen molar-refractivity contribution in [3.05, 3.63) is 77.5 Å². The van der Waals surface area contributed by atoms with E-state index in [2.05, 4.69) is 36.4 Å². The Morgan fingerprint density at radius 2 is 1.69 bits per heavy atom. The molecule has 2 aliphatic rings. The number of amides is 1. The lowest BCUT2D eigenvalue weighted by Crippen LogP contribution is -2.43. The summed E-state index contributed by atoms with van der Waals surface area (Å²) in [7, 11) is 1.85. The summed E-state index contributed by atoms with van der Waals surface area (Å²) in [6.45, 7) is 0.706. The monoisotopic (exact) mass is 383 g/mol. The molecule has 4 nitrogen and oxygen atoms in total. The van der Waals surface area contributed by atoms with Crippen molar-refractivity contribution < 1.29 is 4.79 Å². The molecule has 5 rings (SSSR count). The van der Waals surface area contributed by atoms with Crippen LogP contribution in [0.1, 0.15) is 40.9 Å².